The van der Waals surface area contributed by atoms with Crippen LogP contribution in [-0.2, 0) is 6.42 Å². The van der Waals surface area contributed by atoms with Gasteiger partial charge in [-0.3, -0.25) is 4.99 Å². The second-order valence-electron chi connectivity index (χ2n) is 6.42. The predicted molar refractivity (Wildman–Crippen MR) is 124 cm³/mol. The molecule has 1 fully saturated rings. The third-order valence-electron chi connectivity index (χ3n) is 4.71. The lowest BCUT2D eigenvalue weighted by molar-refractivity contribution is 0.370. The van der Waals surface area contributed by atoms with Crippen molar-refractivity contribution in [3.8, 4) is 5.75 Å². The fourth-order valence-corrected chi connectivity index (χ4v) is 3.52. The molecule has 0 amide bonds. The highest BCUT2D eigenvalue weighted by atomic mass is 127. The topological polar surface area (TPSA) is 51.1 Å². The van der Waals surface area contributed by atoms with E-state index in [1.807, 2.05) is 18.2 Å². The smallest absolute Gasteiger partial charge is 0.193 e. The molecular weight excluding hydrogens is 494 g/mol. The van der Waals surface area contributed by atoms with Gasteiger partial charge in [0.05, 0.1) is 5.69 Å². The van der Waals surface area contributed by atoms with E-state index in [0.29, 0.717) is 23.7 Å². The molecule has 0 radical (unpaired) electrons. The molecule has 2 aromatic carbocycles. The summed E-state index contributed by atoms with van der Waals surface area (Å²) in [6, 6.07) is 11.9. The second kappa shape index (κ2) is 10.7. The Bertz CT molecular complexity index is 813. The molecule has 28 heavy (non-hydrogen) atoms. The molecule has 2 aromatic rings. The summed E-state index contributed by atoms with van der Waals surface area (Å²) in [4.78, 5) is 8.74. The van der Waals surface area contributed by atoms with E-state index in [1.54, 1.807) is 19.2 Å². The van der Waals surface area contributed by atoms with E-state index in [2.05, 4.69) is 20.1 Å². The summed E-state index contributed by atoms with van der Waals surface area (Å²) in [6.45, 7) is 3.90. The highest BCUT2D eigenvalue weighted by Gasteiger charge is 2.21. The quantitative estimate of drug-likeness (QED) is 0.368. The van der Waals surface area contributed by atoms with Gasteiger partial charge in [0.15, 0.2) is 5.96 Å². The van der Waals surface area contributed by atoms with Crippen LogP contribution in [0.2, 0.25) is 5.02 Å². The van der Waals surface area contributed by atoms with Crippen LogP contribution in [0.4, 0.5) is 10.1 Å². The number of phenolic OH excluding ortho intramolecular Hbond substituents is 1. The van der Waals surface area contributed by atoms with E-state index < -0.39 is 0 Å². The van der Waals surface area contributed by atoms with Gasteiger partial charge in [0.2, 0.25) is 0 Å². The zero-order valence-corrected chi connectivity index (χ0v) is 18.8. The first-order chi connectivity index (χ1) is 13.1. The number of guanidine groups is 1. The number of piperazine rings is 1. The number of hydrogen-bond donors (Lipinski definition) is 2. The average molecular weight is 519 g/mol. The SMILES string of the molecule is CN=C(NCCc1ccc(F)cc1Cl)N1CCN(c2ccccc2O)CC1.I. The molecule has 0 saturated carbocycles. The van der Waals surface area contributed by atoms with Crippen LogP contribution >= 0.6 is 35.6 Å². The van der Waals surface area contributed by atoms with E-state index in [9.17, 15) is 9.50 Å². The lowest BCUT2D eigenvalue weighted by atomic mass is 10.1. The average Bonchev–Trinajstić information content (AvgIpc) is 2.67. The maximum absolute atomic E-state index is 13.1. The van der Waals surface area contributed by atoms with Crippen molar-refractivity contribution in [2.45, 2.75) is 6.42 Å². The molecule has 8 heteroatoms. The number of phenols is 1. The van der Waals surface area contributed by atoms with Crippen LogP contribution in [0.1, 0.15) is 5.56 Å². The Morgan fingerprint density at radius 1 is 1.18 bits per heavy atom. The Labute approximate surface area is 187 Å². The number of halogens is 3. The van der Waals surface area contributed by atoms with Gasteiger partial charge in [-0.1, -0.05) is 29.8 Å². The molecule has 0 atom stereocenters. The molecule has 2 N–H and O–H groups in total. The first kappa shape index (κ1) is 22.5. The van der Waals surface area contributed by atoms with Gasteiger partial charge < -0.3 is 20.2 Å². The highest BCUT2D eigenvalue weighted by Crippen LogP contribution is 2.27. The Hall–Kier alpha value is -1.74. The monoisotopic (exact) mass is 518 g/mol. The minimum atomic E-state index is -0.324. The van der Waals surface area contributed by atoms with Gasteiger partial charge in [0.1, 0.15) is 11.6 Å². The fourth-order valence-electron chi connectivity index (χ4n) is 3.26. The molecule has 0 unspecified atom stereocenters. The maximum atomic E-state index is 13.1. The predicted octanol–water partition coefficient (Wildman–Crippen LogP) is 3.74. The number of nitrogens with one attached hydrogen (secondary N) is 1. The lowest BCUT2D eigenvalue weighted by Gasteiger charge is -2.37. The lowest BCUT2D eigenvalue weighted by Crippen LogP contribution is -2.52. The molecule has 0 bridgehead atoms. The fraction of sp³-hybridized carbons (Fsp3) is 0.350. The Kier molecular flexibility index (Phi) is 8.62. The van der Waals surface area contributed by atoms with Crippen LogP contribution in [0.5, 0.6) is 5.75 Å². The molecule has 1 saturated heterocycles. The molecule has 0 spiro atoms. The van der Waals surface area contributed by atoms with Crippen LogP contribution in [0.3, 0.4) is 0 Å². The molecule has 5 nitrogen and oxygen atoms in total. The van der Waals surface area contributed by atoms with Crippen LogP contribution < -0.4 is 10.2 Å². The van der Waals surface area contributed by atoms with Crippen LogP contribution in [0.15, 0.2) is 47.5 Å². The first-order valence-corrected chi connectivity index (χ1v) is 9.38. The van der Waals surface area contributed by atoms with Gasteiger partial charge >= 0.3 is 0 Å². The van der Waals surface area contributed by atoms with E-state index in [4.69, 9.17) is 11.6 Å². The van der Waals surface area contributed by atoms with E-state index in [1.165, 1.54) is 12.1 Å². The van der Waals surface area contributed by atoms with Crippen molar-refractivity contribution in [2.24, 2.45) is 4.99 Å². The highest BCUT2D eigenvalue weighted by molar-refractivity contribution is 14.0. The zero-order chi connectivity index (χ0) is 19.2. The molecule has 152 valence electrons. The largest absolute Gasteiger partial charge is 0.506 e. The Morgan fingerprint density at radius 3 is 2.54 bits per heavy atom. The number of benzene rings is 2. The summed E-state index contributed by atoms with van der Waals surface area (Å²) in [6.07, 6.45) is 0.690. The number of aromatic hydroxyl groups is 1. The third kappa shape index (κ3) is 5.64. The Balaban J connectivity index is 0.00000280. The van der Waals surface area contributed by atoms with Crippen molar-refractivity contribution in [3.63, 3.8) is 0 Å². The molecule has 1 heterocycles. The van der Waals surface area contributed by atoms with E-state index in [0.717, 1.165) is 43.4 Å². The zero-order valence-electron chi connectivity index (χ0n) is 15.7. The third-order valence-corrected chi connectivity index (χ3v) is 5.06. The molecule has 0 aliphatic carbocycles. The van der Waals surface area contributed by atoms with Crippen molar-refractivity contribution in [1.29, 1.82) is 0 Å². The minimum Gasteiger partial charge on any atom is -0.506 e. The second-order valence-corrected chi connectivity index (χ2v) is 6.83. The molecular formula is C20H25ClFIN4O. The summed E-state index contributed by atoms with van der Waals surface area (Å²) in [5.74, 6) is 0.824. The molecule has 3 rings (SSSR count). The van der Waals surface area contributed by atoms with Crippen molar-refractivity contribution in [3.05, 3.63) is 58.9 Å². The maximum Gasteiger partial charge on any atom is 0.193 e. The van der Waals surface area contributed by atoms with Crippen molar-refractivity contribution >= 4 is 47.2 Å². The van der Waals surface area contributed by atoms with Crippen LogP contribution in [0.25, 0.3) is 0 Å². The molecule has 1 aliphatic rings. The molecule has 0 aromatic heterocycles. The standard InChI is InChI=1S/C20H24ClFN4O.HI/c1-23-20(24-9-8-15-6-7-16(22)14-17(15)21)26-12-10-25(11-13-26)18-4-2-3-5-19(18)27;/h2-7,14,27H,8-13H2,1H3,(H,23,24);1H. The number of anilines is 1. The van der Waals surface area contributed by atoms with Gasteiger partial charge in [-0.15, -0.1) is 24.0 Å². The van der Waals surface area contributed by atoms with E-state index >= 15 is 0 Å². The number of para-hydroxylation sites is 2. The van der Waals surface area contributed by atoms with Gasteiger partial charge in [-0.25, -0.2) is 4.39 Å². The Morgan fingerprint density at radius 2 is 1.89 bits per heavy atom. The van der Waals surface area contributed by atoms with E-state index in [-0.39, 0.29) is 29.8 Å². The number of hydrogen-bond acceptors (Lipinski definition) is 3. The van der Waals surface area contributed by atoms with Crippen molar-refractivity contribution in [1.82, 2.24) is 10.2 Å². The normalized spacial score (nSPS) is 14.6. The van der Waals surface area contributed by atoms with Gasteiger partial charge in [0, 0.05) is 44.8 Å². The number of aliphatic imine (C=N–C) groups is 1. The summed E-state index contributed by atoms with van der Waals surface area (Å²) in [7, 11) is 1.77. The summed E-state index contributed by atoms with van der Waals surface area (Å²) < 4.78 is 13.1. The summed E-state index contributed by atoms with van der Waals surface area (Å²) >= 11 is 6.08. The minimum absolute atomic E-state index is 0. The van der Waals surface area contributed by atoms with Crippen LogP contribution in [0, 0.1) is 5.82 Å². The first-order valence-electron chi connectivity index (χ1n) is 9.01. The summed E-state index contributed by atoms with van der Waals surface area (Å²) in [5, 5.41) is 13.8. The van der Waals surface area contributed by atoms with Crippen LogP contribution in [-0.4, -0.2) is 55.7 Å². The summed E-state index contributed by atoms with van der Waals surface area (Å²) in [5.41, 5.74) is 1.77. The molecule has 1 aliphatic heterocycles. The van der Waals surface area contributed by atoms with Gasteiger partial charge in [0.25, 0.3) is 0 Å². The van der Waals surface area contributed by atoms with Gasteiger partial charge in [-0.05, 0) is 36.2 Å². The van der Waals surface area contributed by atoms with Crippen molar-refractivity contribution in [2.75, 3.05) is 44.7 Å². The van der Waals surface area contributed by atoms with Gasteiger partial charge in [-0.2, -0.15) is 0 Å². The number of rotatable bonds is 4. The number of nitrogens with zero attached hydrogens (tertiary/aromatic N) is 3. The van der Waals surface area contributed by atoms with Crippen molar-refractivity contribution < 1.29 is 9.50 Å².